The Bertz CT molecular complexity index is 361. The second-order valence-corrected chi connectivity index (χ2v) is 3.23. The number of nitrogens with two attached hydrogens (primary N) is 1. The SMILES string of the molecule is COc1cc(C2OCCO2)cc(N)c1O. The molecule has 1 aromatic rings. The quantitative estimate of drug-likeness (QED) is 0.564. The van der Waals surface area contributed by atoms with Crippen molar-refractivity contribution in [2.75, 3.05) is 26.1 Å². The molecule has 0 aromatic heterocycles. The second-order valence-electron chi connectivity index (χ2n) is 3.23. The van der Waals surface area contributed by atoms with Crippen LogP contribution < -0.4 is 10.5 Å². The molecular weight excluding hydrogens is 198 g/mol. The number of ether oxygens (including phenoxy) is 3. The molecule has 2 rings (SSSR count). The maximum Gasteiger partial charge on any atom is 0.184 e. The summed E-state index contributed by atoms with van der Waals surface area (Å²) in [7, 11) is 1.47. The van der Waals surface area contributed by atoms with E-state index < -0.39 is 6.29 Å². The van der Waals surface area contributed by atoms with Gasteiger partial charge in [-0.2, -0.15) is 0 Å². The lowest BCUT2D eigenvalue weighted by molar-refractivity contribution is -0.0442. The van der Waals surface area contributed by atoms with E-state index in [2.05, 4.69) is 0 Å². The van der Waals surface area contributed by atoms with Crippen LogP contribution in [-0.2, 0) is 9.47 Å². The van der Waals surface area contributed by atoms with Crippen molar-refractivity contribution >= 4 is 5.69 Å². The van der Waals surface area contributed by atoms with E-state index >= 15 is 0 Å². The summed E-state index contributed by atoms with van der Waals surface area (Å²) in [5.41, 5.74) is 6.63. The summed E-state index contributed by atoms with van der Waals surface area (Å²) in [6.07, 6.45) is -0.415. The van der Waals surface area contributed by atoms with Crippen LogP contribution in [0.3, 0.4) is 0 Å². The summed E-state index contributed by atoms with van der Waals surface area (Å²) in [5.74, 6) is 0.267. The third kappa shape index (κ3) is 1.84. The van der Waals surface area contributed by atoms with Gasteiger partial charge in [-0.15, -0.1) is 0 Å². The van der Waals surface area contributed by atoms with Gasteiger partial charge in [0.15, 0.2) is 17.8 Å². The summed E-state index contributed by atoms with van der Waals surface area (Å²) in [5, 5.41) is 9.53. The van der Waals surface area contributed by atoms with Crippen molar-refractivity contribution < 1.29 is 19.3 Å². The molecule has 82 valence electrons. The predicted molar refractivity (Wildman–Crippen MR) is 53.7 cm³/mol. The zero-order valence-electron chi connectivity index (χ0n) is 8.40. The van der Waals surface area contributed by atoms with Crippen molar-refractivity contribution in [3.8, 4) is 11.5 Å². The van der Waals surface area contributed by atoms with Gasteiger partial charge < -0.3 is 25.1 Å². The van der Waals surface area contributed by atoms with E-state index in [1.54, 1.807) is 12.1 Å². The summed E-state index contributed by atoms with van der Waals surface area (Å²) >= 11 is 0. The minimum atomic E-state index is -0.415. The molecule has 1 aliphatic rings. The van der Waals surface area contributed by atoms with Gasteiger partial charge in [-0.3, -0.25) is 0 Å². The van der Waals surface area contributed by atoms with Crippen LogP contribution in [0.4, 0.5) is 5.69 Å². The fourth-order valence-electron chi connectivity index (χ4n) is 1.49. The van der Waals surface area contributed by atoms with Crippen molar-refractivity contribution in [2.24, 2.45) is 0 Å². The first-order valence-electron chi connectivity index (χ1n) is 4.62. The highest BCUT2D eigenvalue weighted by molar-refractivity contribution is 5.61. The van der Waals surface area contributed by atoms with Crippen LogP contribution in [-0.4, -0.2) is 25.4 Å². The zero-order chi connectivity index (χ0) is 10.8. The van der Waals surface area contributed by atoms with Crippen molar-refractivity contribution in [2.45, 2.75) is 6.29 Å². The summed E-state index contributed by atoms with van der Waals surface area (Å²) in [6, 6.07) is 3.27. The zero-order valence-corrected chi connectivity index (χ0v) is 8.40. The maximum absolute atomic E-state index is 9.53. The molecule has 5 heteroatoms. The molecule has 1 fully saturated rings. The maximum atomic E-state index is 9.53. The van der Waals surface area contributed by atoms with Gasteiger partial charge in [0.1, 0.15) is 0 Å². The molecular formula is C10H13NO4. The summed E-state index contributed by atoms with van der Waals surface area (Å²) < 4.78 is 15.6. The highest BCUT2D eigenvalue weighted by Crippen LogP contribution is 2.37. The Balaban J connectivity index is 2.35. The lowest BCUT2D eigenvalue weighted by atomic mass is 10.1. The van der Waals surface area contributed by atoms with E-state index in [4.69, 9.17) is 19.9 Å². The van der Waals surface area contributed by atoms with Crippen LogP contribution >= 0.6 is 0 Å². The lowest BCUT2D eigenvalue weighted by Crippen LogP contribution is -2.00. The first kappa shape index (κ1) is 10.1. The molecule has 0 saturated carbocycles. The number of rotatable bonds is 2. The van der Waals surface area contributed by atoms with Crippen LogP contribution in [0.2, 0.25) is 0 Å². The van der Waals surface area contributed by atoms with Crippen LogP contribution in [0.1, 0.15) is 11.9 Å². The van der Waals surface area contributed by atoms with Crippen molar-refractivity contribution in [3.63, 3.8) is 0 Å². The fourth-order valence-corrected chi connectivity index (χ4v) is 1.49. The minimum absolute atomic E-state index is 0.0563. The van der Waals surface area contributed by atoms with Gasteiger partial charge in [0.25, 0.3) is 0 Å². The molecule has 0 aliphatic carbocycles. The number of nitrogen functional groups attached to an aromatic ring is 1. The van der Waals surface area contributed by atoms with E-state index in [0.717, 1.165) is 5.56 Å². The number of anilines is 1. The molecule has 0 spiro atoms. The lowest BCUT2D eigenvalue weighted by Gasteiger charge is -2.13. The van der Waals surface area contributed by atoms with Crippen molar-refractivity contribution in [1.29, 1.82) is 0 Å². The average molecular weight is 211 g/mol. The monoisotopic (exact) mass is 211 g/mol. The smallest absolute Gasteiger partial charge is 0.184 e. The van der Waals surface area contributed by atoms with Gasteiger partial charge >= 0.3 is 0 Å². The Kier molecular flexibility index (Phi) is 2.66. The molecule has 1 saturated heterocycles. The Labute approximate surface area is 87.4 Å². The van der Waals surface area contributed by atoms with Gasteiger partial charge in [-0.1, -0.05) is 0 Å². The van der Waals surface area contributed by atoms with E-state index in [1.165, 1.54) is 7.11 Å². The number of methoxy groups -OCH3 is 1. The molecule has 0 radical (unpaired) electrons. The molecule has 0 amide bonds. The molecule has 1 heterocycles. The van der Waals surface area contributed by atoms with E-state index in [0.29, 0.717) is 19.0 Å². The van der Waals surface area contributed by atoms with Gasteiger partial charge in [-0.05, 0) is 12.1 Å². The number of benzene rings is 1. The molecule has 1 aromatic carbocycles. The molecule has 0 unspecified atom stereocenters. The van der Waals surface area contributed by atoms with Crippen molar-refractivity contribution in [3.05, 3.63) is 17.7 Å². The average Bonchev–Trinajstić information content (AvgIpc) is 2.75. The van der Waals surface area contributed by atoms with E-state index in [-0.39, 0.29) is 11.4 Å². The van der Waals surface area contributed by atoms with Crippen LogP contribution in [0, 0.1) is 0 Å². The first-order valence-corrected chi connectivity index (χ1v) is 4.62. The third-order valence-corrected chi connectivity index (χ3v) is 2.24. The van der Waals surface area contributed by atoms with Gasteiger partial charge in [0.05, 0.1) is 26.0 Å². The van der Waals surface area contributed by atoms with Gasteiger partial charge in [0, 0.05) is 5.56 Å². The first-order chi connectivity index (χ1) is 7.22. The highest BCUT2D eigenvalue weighted by Gasteiger charge is 2.21. The third-order valence-electron chi connectivity index (χ3n) is 2.24. The fraction of sp³-hybridized carbons (Fsp3) is 0.400. The second kappa shape index (κ2) is 3.96. The number of hydrogen-bond donors (Lipinski definition) is 2. The molecule has 15 heavy (non-hydrogen) atoms. The highest BCUT2D eigenvalue weighted by atomic mass is 16.7. The van der Waals surface area contributed by atoms with Gasteiger partial charge in [-0.25, -0.2) is 0 Å². The standard InChI is InChI=1S/C10H13NO4/c1-13-8-5-6(4-7(11)9(8)12)10-14-2-3-15-10/h4-5,10,12H,2-3,11H2,1H3. The Hall–Kier alpha value is -1.46. The van der Waals surface area contributed by atoms with E-state index in [9.17, 15) is 5.11 Å². The van der Waals surface area contributed by atoms with Crippen LogP contribution in [0.5, 0.6) is 11.5 Å². The molecule has 1 aliphatic heterocycles. The number of phenols is 1. The van der Waals surface area contributed by atoms with Crippen LogP contribution in [0.15, 0.2) is 12.1 Å². The molecule has 3 N–H and O–H groups in total. The number of aromatic hydroxyl groups is 1. The minimum Gasteiger partial charge on any atom is -0.503 e. The molecule has 0 bridgehead atoms. The van der Waals surface area contributed by atoms with Crippen LogP contribution in [0.25, 0.3) is 0 Å². The van der Waals surface area contributed by atoms with Gasteiger partial charge in [0.2, 0.25) is 0 Å². The largest absolute Gasteiger partial charge is 0.503 e. The normalized spacial score (nSPS) is 16.9. The summed E-state index contributed by atoms with van der Waals surface area (Å²) in [4.78, 5) is 0. The Morgan fingerprint density at radius 1 is 1.40 bits per heavy atom. The van der Waals surface area contributed by atoms with E-state index in [1.807, 2.05) is 0 Å². The topological polar surface area (TPSA) is 73.9 Å². The number of hydrogen-bond acceptors (Lipinski definition) is 5. The molecule has 0 atom stereocenters. The predicted octanol–water partition coefficient (Wildman–Crippen LogP) is 1.03. The number of phenolic OH excluding ortho intramolecular Hbond substituents is 1. The Morgan fingerprint density at radius 2 is 2.07 bits per heavy atom. The summed E-state index contributed by atoms with van der Waals surface area (Å²) in [6.45, 7) is 1.13. The Morgan fingerprint density at radius 3 is 2.67 bits per heavy atom. The van der Waals surface area contributed by atoms with Crippen molar-refractivity contribution in [1.82, 2.24) is 0 Å². The molecule has 5 nitrogen and oxygen atoms in total.